The van der Waals surface area contributed by atoms with E-state index in [2.05, 4.69) is 18.2 Å². The van der Waals surface area contributed by atoms with Crippen molar-refractivity contribution in [3.63, 3.8) is 0 Å². The van der Waals surface area contributed by atoms with Gasteiger partial charge in [-0.05, 0) is 68.0 Å². The van der Waals surface area contributed by atoms with E-state index in [0.717, 1.165) is 49.1 Å². The topological polar surface area (TPSA) is 42.7 Å². The number of ether oxygens (including phenoxy) is 1. The van der Waals surface area contributed by atoms with E-state index in [1.54, 1.807) is 7.11 Å². The quantitative estimate of drug-likeness (QED) is 0.666. The van der Waals surface area contributed by atoms with Gasteiger partial charge in [0.25, 0.3) is 5.91 Å². The van der Waals surface area contributed by atoms with E-state index in [-0.39, 0.29) is 5.91 Å². The van der Waals surface area contributed by atoms with Crippen molar-refractivity contribution in [3.05, 3.63) is 65.4 Å². The van der Waals surface area contributed by atoms with Gasteiger partial charge in [0.15, 0.2) is 5.76 Å². The maximum absolute atomic E-state index is 12.8. The Balaban J connectivity index is 1.36. The number of benzene rings is 2. The molecule has 1 fully saturated rings. The van der Waals surface area contributed by atoms with E-state index in [1.807, 2.05) is 42.2 Å². The molecule has 1 saturated heterocycles. The van der Waals surface area contributed by atoms with Crippen LogP contribution in [0.3, 0.4) is 0 Å². The number of hydrogen-bond acceptors (Lipinski definition) is 3. The fourth-order valence-electron chi connectivity index (χ4n) is 3.86. The van der Waals surface area contributed by atoms with Crippen LogP contribution in [0.1, 0.15) is 34.5 Å². The third-order valence-corrected chi connectivity index (χ3v) is 5.47. The van der Waals surface area contributed by atoms with Crippen LogP contribution in [0.2, 0.25) is 0 Å². The molecule has 2 aromatic carbocycles. The first kappa shape index (κ1) is 17.7. The Kier molecular flexibility index (Phi) is 4.88. The van der Waals surface area contributed by atoms with Crippen LogP contribution in [0.15, 0.2) is 52.9 Å². The van der Waals surface area contributed by atoms with Crippen LogP contribution in [0.5, 0.6) is 5.75 Å². The molecule has 0 radical (unpaired) electrons. The molecule has 0 bridgehead atoms. The predicted octanol–water partition coefficient (Wildman–Crippen LogP) is 4.84. The van der Waals surface area contributed by atoms with E-state index in [0.29, 0.717) is 11.7 Å². The van der Waals surface area contributed by atoms with Gasteiger partial charge in [-0.3, -0.25) is 4.79 Å². The number of fused-ring (bicyclic) bond motifs is 1. The zero-order chi connectivity index (χ0) is 18.8. The largest absolute Gasteiger partial charge is 0.497 e. The molecule has 1 aliphatic rings. The molecule has 3 aromatic rings. The SMILES string of the molecule is COc1ccc(CC2CCN(C(=O)c3cc4cc(C)ccc4o3)CC2)cc1. The number of piperidine rings is 1. The monoisotopic (exact) mass is 363 g/mol. The van der Waals surface area contributed by atoms with Crippen LogP contribution in [0.25, 0.3) is 11.0 Å². The molecule has 27 heavy (non-hydrogen) atoms. The number of rotatable bonds is 4. The van der Waals surface area contributed by atoms with Gasteiger partial charge in [-0.15, -0.1) is 0 Å². The molecule has 0 aliphatic carbocycles. The molecular weight excluding hydrogens is 338 g/mol. The minimum atomic E-state index is 0.00625. The van der Waals surface area contributed by atoms with E-state index >= 15 is 0 Å². The smallest absolute Gasteiger partial charge is 0.289 e. The maximum Gasteiger partial charge on any atom is 0.289 e. The van der Waals surface area contributed by atoms with Crippen molar-refractivity contribution in [2.24, 2.45) is 5.92 Å². The van der Waals surface area contributed by atoms with Crippen LogP contribution >= 0.6 is 0 Å². The van der Waals surface area contributed by atoms with Crippen molar-refractivity contribution < 1.29 is 13.9 Å². The lowest BCUT2D eigenvalue weighted by atomic mass is 9.90. The van der Waals surface area contributed by atoms with Gasteiger partial charge in [0.2, 0.25) is 0 Å². The van der Waals surface area contributed by atoms with E-state index < -0.39 is 0 Å². The van der Waals surface area contributed by atoms with Crippen LogP contribution in [0, 0.1) is 12.8 Å². The summed E-state index contributed by atoms with van der Waals surface area (Å²) in [4.78, 5) is 14.7. The van der Waals surface area contributed by atoms with Crippen LogP contribution in [-0.2, 0) is 6.42 Å². The molecule has 0 saturated carbocycles. The van der Waals surface area contributed by atoms with E-state index in [1.165, 1.54) is 11.1 Å². The number of amides is 1. The van der Waals surface area contributed by atoms with Crippen molar-refractivity contribution in [1.82, 2.24) is 4.90 Å². The van der Waals surface area contributed by atoms with Gasteiger partial charge >= 0.3 is 0 Å². The predicted molar refractivity (Wildman–Crippen MR) is 106 cm³/mol. The highest BCUT2D eigenvalue weighted by atomic mass is 16.5. The van der Waals surface area contributed by atoms with Gasteiger partial charge in [0.05, 0.1) is 7.11 Å². The normalized spacial score (nSPS) is 15.3. The number of carbonyl (C=O) groups excluding carboxylic acids is 1. The lowest BCUT2D eigenvalue weighted by molar-refractivity contribution is 0.0661. The Morgan fingerprint density at radius 3 is 2.56 bits per heavy atom. The average molecular weight is 363 g/mol. The molecule has 4 nitrogen and oxygen atoms in total. The molecule has 0 atom stereocenters. The first-order valence-electron chi connectivity index (χ1n) is 9.55. The van der Waals surface area contributed by atoms with E-state index in [9.17, 15) is 4.79 Å². The molecule has 0 N–H and O–H groups in total. The molecule has 2 heterocycles. The van der Waals surface area contributed by atoms with Gasteiger partial charge in [-0.1, -0.05) is 23.8 Å². The molecule has 140 valence electrons. The van der Waals surface area contributed by atoms with Gasteiger partial charge in [-0.25, -0.2) is 0 Å². The zero-order valence-corrected chi connectivity index (χ0v) is 15.9. The van der Waals surface area contributed by atoms with Crippen molar-refractivity contribution in [1.29, 1.82) is 0 Å². The standard InChI is InChI=1S/C23H25NO3/c1-16-3-8-21-19(13-16)15-22(27-21)23(25)24-11-9-18(10-12-24)14-17-4-6-20(26-2)7-5-17/h3-8,13,15,18H,9-12,14H2,1-2H3. The summed E-state index contributed by atoms with van der Waals surface area (Å²) < 4.78 is 11.0. The summed E-state index contributed by atoms with van der Waals surface area (Å²) in [5, 5.41) is 0.993. The zero-order valence-electron chi connectivity index (χ0n) is 15.9. The molecule has 1 aromatic heterocycles. The Morgan fingerprint density at radius 2 is 1.85 bits per heavy atom. The van der Waals surface area contributed by atoms with Gasteiger partial charge in [0, 0.05) is 18.5 Å². The number of furan rings is 1. The van der Waals surface area contributed by atoms with Crippen LogP contribution in [-0.4, -0.2) is 31.0 Å². The number of nitrogens with zero attached hydrogens (tertiary/aromatic N) is 1. The number of carbonyl (C=O) groups is 1. The van der Waals surface area contributed by atoms with Crippen molar-refractivity contribution >= 4 is 16.9 Å². The number of aryl methyl sites for hydroxylation is 1. The molecule has 1 aliphatic heterocycles. The van der Waals surface area contributed by atoms with Crippen molar-refractivity contribution in [3.8, 4) is 5.75 Å². The first-order valence-corrected chi connectivity index (χ1v) is 9.55. The summed E-state index contributed by atoms with van der Waals surface area (Å²) in [5.41, 5.74) is 3.27. The lowest BCUT2D eigenvalue weighted by Gasteiger charge is -2.31. The summed E-state index contributed by atoms with van der Waals surface area (Å²) in [7, 11) is 1.69. The Bertz CT molecular complexity index is 934. The van der Waals surface area contributed by atoms with Crippen LogP contribution < -0.4 is 4.74 Å². The lowest BCUT2D eigenvalue weighted by Crippen LogP contribution is -2.38. The summed E-state index contributed by atoms with van der Waals surface area (Å²) in [6, 6.07) is 16.1. The second-order valence-electron chi connectivity index (χ2n) is 7.44. The highest BCUT2D eigenvalue weighted by molar-refractivity contribution is 5.96. The fourth-order valence-corrected chi connectivity index (χ4v) is 3.86. The van der Waals surface area contributed by atoms with Crippen molar-refractivity contribution in [2.45, 2.75) is 26.2 Å². The minimum Gasteiger partial charge on any atom is -0.497 e. The Morgan fingerprint density at radius 1 is 1.11 bits per heavy atom. The number of likely N-dealkylation sites (tertiary alicyclic amines) is 1. The minimum absolute atomic E-state index is 0.00625. The van der Waals surface area contributed by atoms with E-state index in [4.69, 9.17) is 9.15 Å². The highest BCUT2D eigenvalue weighted by Gasteiger charge is 2.25. The molecule has 1 amide bonds. The second-order valence-corrected chi connectivity index (χ2v) is 7.44. The first-order chi connectivity index (χ1) is 13.1. The van der Waals surface area contributed by atoms with Gasteiger partial charge in [-0.2, -0.15) is 0 Å². The van der Waals surface area contributed by atoms with Gasteiger partial charge < -0.3 is 14.1 Å². The summed E-state index contributed by atoms with van der Waals surface area (Å²) in [6.07, 6.45) is 3.10. The highest BCUT2D eigenvalue weighted by Crippen LogP contribution is 2.26. The molecule has 0 unspecified atom stereocenters. The maximum atomic E-state index is 12.8. The number of methoxy groups -OCH3 is 1. The Labute approximate surface area is 159 Å². The van der Waals surface area contributed by atoms with Crippen molar-refractivity contribution in [2.75, 3.05) is 20.2 Å². The summed E-state index contributed by atoms with van der Waals surface area (Å²) in [6.45, 7) is 3.62. The fraction of sp³-hybridized carbons (Fsp3) is 0.348. The van der Waals surface area contributed by atoms with Crippen LogP contribution in [0.4, 0.5) is 0 Å². The average Bonchev–Trinajstić information content (AvgIpc) is 3.12. The summed E-state index contributed by atoms with van der Waals surface area (Å²) in [5.74, 6) is 1.96. The number of hydrogen-bond donors (Lipinski definition) is 0. The third kappa shape index (κ3) is 3.85. The molecule has 4 rings (SSSR count). The molecular formula is C23H25NO3. The second kappa shape index (κ2) is 7.47. The molecule has 0 spiro atoms. The molecule has 4 heteroatoms. The third-order valence-electron chi connectivity index (χ3n) is 5.47. The van der Waals surface area contributed by atoms with Gasteiger partial charge in [0.1, 0.15) is 11.3 Å². The summed E-state index contributed by atoms with van der Waals surface area (Å²) >= 11 is 0. The Hall–Kier alpha value is -2.75.